The molecule has 2 saturated heterocycles. The summed E-state index contributed by atoms with van der Waals surface area (Å²) in [4.78, 5) is 23.6. The monoisotopic (exact) mass is 863 g/mol. The number of carbonyl (C=O) groups excluding carboxylic acids is 1. The van der Waals surface area contributed by atoms with Crippen molar-refractivity contribution < 1.29 is 45.4 Å². The number of aryl methyl sites for hydroxylation is 2. The van der Waals surface area contributed by atoms with Crippen LogP contribution in [0.25, 0.3) is 0 Å². The minimum atomic E-state index is 0. The molecule has 0 aliphatic carbocycles. The molecule has 3 aromatic rings. The van der Waals surface area contributed by atoms with Gasteiger partial charge in [-0.2, -0.15) is 11.1 Å². The summed E-state index contributed by atoms with van der Waals surface area (Å²) in [5, 5.41) is 1.77. The standard InChI is InChI=1S/C21H27ClN3OP.C8H8NO.C3H6O.C2H6.U/c1-15(2)12-24-9-10-25(13-16(24)3)20-5-4-6-21(23-20)26-14-17-7-8-18(22)11-19(17)27;1-6-3-4-8(5-10)9-7(6)2;1-2-4-3-1;1-2;/h4-8,11,16H,1,9-10,12-14,27H2,2-3H3;3-4H,1-2H3;1-3H2;1-2H3;/q;-1;;;/t16-;;;;/m0..../s1. The van der Waals surface area contributed by atoms with Crippen LogP contribution in [0.15, 0.2) is 60.7 Å². The maximum Gasteiger partial charge on any atom is 0.215 e. The van der Waals surface area contributed by atoms with Gasteiger partial charge in [0.15, 0.2) is 0 Å². The maximum atomic E-state index is 10.1. The van der Waals surface area contributed by atoms with Crippen molar-refractivity contribution in [1.82, 2.24) is 14.9 Å². The summed E-state index contributed by atoms with van der Waals surface area (Å²) in [6, 6.07) is 15.7. The molecular formula is C34H47ClN4O3PU-. The smallest absolute Gasteiger partial charge is 0.215 e. The van der Waals surface area contributed by atoms with Crippen molar-refractivity contribution >= 4 is 38.2 Å². The van der Waals surface area contributed by atoms with Crippen LogP contribution >= 0.6 is 20.8 Å². The third kappa shape index (κ3) is 14.1. The average molecular weight is 864 g/mol. The zero-order valence-electron chi connectivity index (χ0n) is 27.0. The summed E-state index contributed by atoms with van der Waals surface area (Å²) in [6.45, 7) is 22.6. The zero-order chi connectivity index (χ0) is 31.8. The molecule has 2 atom stereocenters. The number of ether oxygens (including phenoxy) is 2. The number of benzene rings is 1. The van der Waals surface area contributed by atoms with Crippen LogP contribution in [0.1, 0.15) is 56.6 Å². The van der Waals surface area contributed by atoms with Gasteiger partial charge in [0.2, 0.25) is 5.88 Å². The van der Waals surface area contributed by atoms with Gasteiger partial charge in [-0.05, 0) is 68.7 Å². The Balaban J connectivity index is 0.000000467. The van der Waals surface area contributed by atoms with Crippen molar-refractivity contribution in [2.24, 2.45) is 0 Å². The first-order valence-corrected chi connectivity index (χ1v) is 15.8. The Morgan fingerprint density at radius 2 is 1.82 bits per heavy atom. The molecule has 7 nitrogen and oxygen atoms in total. The summed E-state index contributed by atoms with van der Waals surface area (Å²) < 4.78 is 10.7. The van der Waals surface area contributed by atoms with Crippen molar-refractivity contribution in [3.63, 3.8) is 0 Å². The molecule has 1 aromatic carbocycles. The molecule has 10 heteroatoms. The molecule has 1 unspecified atom stereocenters. The van der Waals surface area contributed by atoms with Crippen LogP contribution in [-0.2, 0) is 16.1 Å². The molecule has 0 radical (unpaired) electrons. The Morgan fingerprint density at radius 1 is 1.14 bits per heavy atom. The van der Waals surface area contributed by atoms with E-state index in [0.717, 1.165) is 72.4 Å². The quantitative estimate of drug-likeness (QED) is 0.153. The van der Waals surface area contributed by atoms with E-state index in [9.17, 15) is 4.79 Å². The average Bonchev–Trinajstić information content (AvgIpc) is 2.95. The molecule has 2 aliphatic rings. The van der Waals surface area contributed by atoms with E-state index in [0.29, 0.717) is 24.2 Å². The second kappa shape index (κ2) is 21.9. The van der Waals surface area contributed by atoms with E-state index in [1.807, 2.05) is 64.1 Å². The first-order valence-electron chi connectivity index (χ1n) is 14.8. The van der Waals surface area contributed by atoms with E-state index in [1.165, 1.54) is 12.0 Å². The summed E-state index contributed by atoms with van der Waals surface area (Å²) in [5.74, 6) is 1.61. The van der Waals surface area contributed by atoms with E-state index < -0.39 is 0 Å². The molecule has 4 heterocycles. The number of piperazine rings is 1. The molecule has 0 bridgehead atoms. The first-order chi connectivity index (χ1) is 20.7. The van der Waals surface area contributed by atoms with Gasteiger partial charge >= 0.3 is 0 Å². The normalized spacial score (nSPS) is 15.4. The van der Waals surface area contributed by atoms with Crippen LogP contribution in [0.2, 0.25) is 5.02 Å². The zero-order valence-corrected chi connectivity index (χ0v) is 33.1. The Labute approximate surface area is 295 Å². The Hall–Kier alpha value is -1.78. The molecule has 44 heavy (non-hydrogen) atoms. The minimum absolute atomic E-state index is 0. The molecule has 2 aliphatic heterocycles. The number of hydrogen-bond donors (Lipinski definition) is 0. The van der Waals surface area contributed by atoms with Crippen LogP contribution in [-0.4, -0.2) is 66.6 Å². The van der Waals surface area contributed by atoms with E-state index in [2.05, 4.69) is 50.5 Å². The van der Waals surface area contributed by atoms with Crippen LogP contribution in [0.3, 0.4) is 0 Å². The van der Waals surface area contributed by atoms with Gasteiger partial charge in [-0.3, -0.25) is 9.88 Å². The fourth-order valence-electron chi connectivity index (χ4n) is 4.13. The molecule has 0 amide bonds. The third-order valence-corrected chi connectivity index (χ3v) is 7.56. The van der Waals surface area contributed by atoms with Gasteiger partial charge < -0.3 is 19.2 Å². The molecular weight excluding hydrogens is 817 g/mol. The molecule has 0 saturated carbocycles. The minimum Gasteiger partial charge on any atom is -0.473 e. The van der Waals surface area contributed by atoms with Crippen molar-refractivity contribution in [2.45, 2.75) is 60.6 Å². The van der Waals surface area contributed by atoms with Gasteiger partial charge in [0.05, 0.1) is 0 Å². The van der Waals surface area contributed by atoms with Crippen LogP contribution in [0.5, 0.6) is 5.88 Å². The predicted molar refractivity (Wildman–Crippen MR) is 183 cm³/mol. The number of hydrogen-bond acceptors (Lipinski definition) is 7. The second-order valence-corrected chi connectivity index (χ2v) is 11.4. The molecule has 0 N–H and O–H groups in total. The number of anilines is 1. The largest absolute Gasteiger partial charge is 0.473 e. The molecule has 2 fully saturated rings. The fraction of sp³-hybridized carbons (Fsp3) is 0.441. The van der Waals surface area contributed by atoms with E-state index in [1.54, 1.807) is 12.4 Å². The number of halogens is 1. The third-order valence-electron chi connectivity index (χ3n) is 6.79. The van der Waals surface area contributed by atoms with Crippen LogP contribution in [0, 0.1) is 45.0 Å². The molecule has 0 spiro atoms. The van der Waals surface area contributed by atoms with Gasteiger partial charge in [0.1, 0.15) is 12.4 Å². The SMILES string of the molecule is C1COC1.C=C(C)CN1CCN(c2cccc(OCc3ccc(Cl)cc3P)n2)C[C@@H]1C.CC.Cc1ccc([C-]=O)nc1C.[U]. The number of aromatic nitrogens is 2. The maximum absolute atomic E-state index is 10.1. The van der Waals surface area contributed by atoms with E-state index in [4.69, 9.17) is 26.1 Å². The van der Waals surface area contributed by atoms with E-state index >= 15 is 0 Å². The predicted octanol–water partition coefficient (Wildman–Crippen LogP) is 6.49. The van der Waals surface area contributed by atoms with Crippen molar-refractivity contribution in [1.29, 1.82) is 0 Å². The van der Waals surface area contributed by atoms with Crippen molar-refractivity contribution in [3.8, 4) is 5.88 Å². The summed E-state index contributed by atoms with van der Waals surface area (Å²) in [7, 11) is 2.70. The first kappa shape index (κ1) is 40.2. The number of pyridine rings is 2. The Kier molecular flexibility index (Phi) is 20.0. The summed E-state index contributed by atoms with van der Waals surface area (Å²) in [6.07, 6.45) is 3.01. The van der Waals surface area contributed by atoms with Gasteiger partial charge in [-0.25, -0.2) is 0 Å². The summed E-state index contributed by atoms with van der Waals surface area (Å²) in [5.41, 5.74) is 4.65. The van der Waals surface area contributed by atoms with Gasteiger partial charge in [-0.15, -0.1) is 15.3 Å². The van der Waals surface area contributed by atoms with Gasteiger partial charge in [-0.1, -0.05) is 55.4 Å². The van der Waals surface area contributed by atoms with Crippen LogP contribution < -0.4 is 14.9 Å². The second-order valence-electron chi connectivity index (χ2n) is 10.4. The molecule has 2 aromatic heterocycles. The van der Waals surface area contributed by atoms with Crippen molar-refractivity contribution in [3.05, 3.63) is 88.2 Å². The number of rotatable bonds is 7. The van der Waals surface area contributed by atoms with Gasteiger partial charge in [0.25, 0.3) is 0 Å². The van der Waals surface area contributed by atoms with Gasteiger partial charge in [0, 0.05) is 99.6 Å². The van der Waals surface area contributed by atoms with Crippen LogP contribution in [0.4, 0.5) is 5.82 Å². The Morgan fingerprint density at radius 3 is 2.36 bits per heavy atom. The molecule has 5 rings (SSSR count). The van der Waals surface area contributed by atoms with E-state index in [-0.39, 0.29) is 31.1 Å². The fourth-order valence-corrected chi connectivity index (χ4v) is 4.77. The summed E-state index contributed by atoms with van der Waals surface area (Å²) >= 11 is 6.01. The number of nitrogens with zero attached hydrogens (tertiary/aromatic N) is 4. The van der Waals surface area contributed by atoms with Crippen molar-refractivity contribution in [2.75, 3.05) is 44.3 Å². The topological polar surface area (TPSA) is 67.8 Å². The molecule has 238 valence electrons. The Bertz CT molecular complexity index is 1310.